The zero-order chi connectivity index (χ0) is 26.5. The molecule has 9 heteroatoms. The molecule has 0 spiro atoms. The van der Waals surface area contributed by atoms with Crippen LogP contribution in [0.2, 0.25) is 0 Å². The zero-order valence-corrected chi connectivity index (χ0v) is 22.6. The molecule has 8 nitrogen and oxygen atoms in total. The third-order valence-corrected chi connectivity index (χ3v) is 7.95. The fraction of sp³-hybridized carbons (Fsp3) is 0.481. The quantitative estimate of drug-likeness (QED) is 0.522. The zero-order valence-electron chi connectivity index (χ0n) is 21.8. The summed E-state index contributed by atoms with van der Waals surface area (Å²) < 4.78 is 31.9. The molecule has 1 atom stereocenters. The average Bonchev–Trinajstić information content (AvgIpc) is 3.34. The van der Waals surface area contributed by atoms with Gasteiger partial charge in [0.1, 0.15) is 18.3 Å². The molecule has 0 saturated heterocycles. The fourth-order valence-corrected chi connectivity index (χ4v) is 5.28. The minimum atomic E-state index is -3.76. The molecule has 2 aromatic rings. The first kappa shape index (κ1) is 27.5. The minimum absolute atomic E-state index is 0.108. The van der Waals surface area contributed by atoms with Gasteiger partial charge in [0.05, 0.1) is 19.1 Å². The summed E-state index contributed by atoms with van der Waals surface area (Å²) in [6, 6.07) is 11.9. The van der Waals surface area contributed by atoms with Crippen LogP contribution in [0.3, 0.4) is 0 Å². The Hall–Kier alpha value is -3.07. The lowest BCUT2D eigenvalue weighted by atomic mass is 10.1. The lowest BCUT2D eigenvalue weighted by molar-refractivity contribution is -0.139. The summed E-state index contributed by atoms with van der Waals surface area (Å²) in [5, 5.41) is 3.06. The highest BCUT2D eigenvalue weighted by Crippen LogP contribution is 2.23. The molecule has 36 heavy (non-hydrogen) atoms. The highest BCUT2D eigenvalue weighted by atomic mass is 32.2. The van der Waals surface area contributed by atoms with Crippen LogP contribution in [0.4, 0.5) is 5.69 Å². The average molecular weight is 516 g/mol. The highest BCUT2D eigenvalue weighted by molar-refractivity contribution is 7.92. The van der Waals surface area contributed by atoms with E-state index in [1.165, 1.54) is 4.90 Å². The van der Waals surface area contributed by atoms with Crippen molar-refractivity contribution in [3.05, 3.63) is 59.2 Å². The number of aryl methyl sites for hydroxylation is 2. The van der Waals surface area contributed by atoms with Crippen LogP contribution in [-0.4, -0.2) is 57.1 Å². The number of carbonyl (C=O) groups is 2. The van der Waals surface area contributed by atoms with Gasteiger partial charge in [0.15, 0.2) is 0 Å². The number of anilines is 1. The van der Waals surface area contributed by atoms with E-state index in [1.54, 1.807) is 38.3 Å². The van der Waals surface area contributed by atoms with Crippen molar-refractivity contribution in [3.63, 3.8) is 0 Å². The SMILES string of the molecule is COc1cccc(CN(C(=O)CN(c2ccc(C)c(C)c2)S(C)(=O)=O)[C@H](C)C(=O)NC2CCCC2)c1. The number of carbonyl (C=O) groups excluding carboxylic acids is 2. The standard InChI is InChI=1S/C27H37N3O5S/c1-19-13-14-24(15-20(19)2)30(36(5,33)34)18-26(31)29(17-22-9-8-12-25(16-22)35-4)21(3)27(32)28-23-10-6-7-11-23/h8-9,12-16,21,23H,6-7,10-11,17-18H2,1-5H3,(H,28,32)/t21-/m1/s1. The summed E-state index contributed by atoms with van der Waals surface area (Å²) in [6.45, 7) is 5.25. The van der Waals surface area contributed by atoms with Crippen LogP contribution in [0.5, 0.6) is 5.75 Å². The largest absolute Gasteiger partial charge is 0.497 e. The first-order chi connectivity index (χ1) is 17.0. The first-order valence-corrected chi connectivity index (χ1v) is 14.1. The van der Waals surface area contributed by atoms with E-state index in [4.69, 9.17) is 4.74 Å². The maximum Gasteiger partial charge on any atom is 0.244 e. The summed E-state index contributed by atoms with van der Waals surface area (Å²) in [4.78, 5) is 28.3. The summed E-state index contributed by atoms with van der Waals surface area (Å²) in [7, 11) is -2.20. The summed E-state index contributed by atoms with van der Waals surface area (Å²) in [5.74, 6) is -0.0679. The number of benzene rings is 2. The molecule has 3 rings (SSSR count). The molecule has 0 bridgehead atoms. The van der Waals surface area contributed by atoms with Crippen LogP contribution in [0, 0.1) is 13.8 Å². The minimum Gasteiger partial charge on any atom is -0.497 e. The molecule has 2 amide bonds. The topological polar surface area (TPSA) is 96.0 Å². The molecule has 0 radical (unpaired) electrons. The maximum atomic E-state index is 13.7. The van der Waals surface area contributed by atoms with Crippen molar-refractivity contribution in [1.29, 1.82) is 0 Å². The van der Waals surface area contributed by atoms with Gasteiger partial charge >= 0.3 is 0 Å². The second kappa shape index (κ2) is 11.8. The van der Waals surface area contributed by atoms with Crippen molar-refractivity contribution in [1.82, 2.24) is 10.2 Å². The highest BCUT2D eigenvalue weighted by Gasteiger charge is 2.31. The Balaban J connectivity index is 1.90. The van der Waals surface area contributed by atoms with E-state index in [-0.39, 0.29) is 18.5 Å². The van der Waals surface area contributed by atoms with Crippen molar-refractivity contribution in [2.75, 3.05) is 24.2 Å². The van der Waals surface area contributed by atoms with Crippen molar-refractivity contribution in [3.8, 4) is 5.75 Å². The van der Waals surface area contributed by atoms with Crippen molar-refractivity contribution >= 4 is 27.5 Å². The predicted molar refractivity (Wildman–Crippen MR) is 142 cm³/mol. The number of ether oxygens (including phenoxy) is 1. The Bertz CT molecular complexity index is 1190. The van der Waals surface area contributed by atoms with E-state index in [2.05, 4.69) is 5.32 Å². The molecule has 1 fully saturated rings. The van der Waals surface area contributed by atoms with Crippen LogP contribution in [0.15, 0.2) is 42.5 Å². The Morgan fingerprint density at radius 1 is 1.08 bits per heavy atom. The normalized spacial score (nSPS) is 14.8. The number of nitrogens with zero attached hydrogens (tertiary/aromatic N) is 2. The van der Waals surface area contributed by atoms with Gasteiger partial charge in [0.2, 0.25) is 21.8 Å². The predicted octanol–water partition coefficient (Wildman–Crippen LogP) is 3.55. The lowest BCUT2D eigenvalue weighted by Gasteiger charge is -2.32. The van der Waals surface area contributed by atoms with E-state index in [9.17, 15) is 18.0 Å². The van der Waals surface area contributed by atoms with Crippen LogP contribution < -0.4 is 14.4 Å². The summed E-state index contributed by atoms with van der Waals surface area (Å²) in [6.07, 6.45) is 5.09. The fourth-order valence-electron chi connectivity index (χ4n) is 4.44. The van der Waals surface area contributed by atoms with Crippen molar-refractivity contribution in [2.45, 2.75) is 65.1 Å². The molecule has 1 aliphatic carbocycles. The van der Waals surface area contributed by atoms with E-state index in [1.807, 2.05) is 32.0 Å². The maximum absolute atomic E-state index is 13.7. The molecule has 0 heterocycles. The molecular formula is C27H37N3O5S. The van der Waals surface area contributed by atoms with Gasteiger partial charge in [0, 0.05) is 12.6 Å². The monoisotopic (exact) mass is 515 g/mol. The Morgan fingerprint density at radius 3 is 2.39 bits per heavy atom. The van der Waals surface area contributed by atoms with Gasteiger partial charge in [-0.3, -0.25) is 13.9 Å². The summed E-state index contributed by atoms with van der Waals surface area (Å²) >= 11 is 0. The smallest absolute Gasteiger partial charge is 0.244 e. The molecule has 2 aromatic carbocycles. The molecule has 0 aromatic heterocycles. The molecular weight excluding hydrogens is 478 g/mol. The van der Waals surface area contributed by atoms with Crippen LogP contribution in [0.25, 0.3) is 0 Å². The van der Waals surface area contributed by atoms with Gasteiger partial charge in [0.25, 0.3) is 0 Å². The van der Waals surface area contributed by atoms with Gasteiger partial charge in [-0.2, -0.15) is 0 Å². The van der Waals surface area contributed by atoms with Crippen molar-refractivity contribution < 1.29 is 22.7 Å². The van der Waals surface area contributed by atoms with E-state index in [0.29, 0.717) is 11.4 Å². The van der Waals surface area contributed by atoms with Gasteiger partial charge in [-0.1, -0.05) is 31.0 Å². The third-order valence-electron chi connectivity index (χ3n) is 6.81. The second-order valence-electron chi connectivity index (χ2n) is 9.58. The Labute approximate surface area is 214 Å². The Morgan fingerprint density at radius 2 is 1.78 bits per heavy atom. The number of amides is 2. The van der Waals surface area contributed by atoms with Crippen LogP contribution in [-0.2, 0) is 26.2 Å². The molecule has 0 unspecified atom stereocenters. The number of rotatable bonds is 10. The molecule has 1 N–H and O–H groups in total. The summed E-state index contributed by atoms with van der Waals surface area (Å²) in [5.41, 5.74) is 3.14. The van der Waals surface area contributed by atoms with Gasteiger partial charge in [-0.15, -0.1) is 0 Å². The Kier molecular flexibility index (Phi) is 9.00. The van der Waals surface area contributed by atoms with E-state index >= 15 is 0 Å². The van der Waals surface area contributed by atoms with E-state index < -0.39 is 28.5 Å². The van der Waals surface area contributed by atoms with Gasteiger partial charge in [-0.05, 0) is 74.6 Å². The van der Waals surface area contributed by atoms with E-state index in [0.717, 1.165) is 52.9 Å². The van der Waals surface area contributed by atoms with Crippen LogP contribution >= 0.6 is 0 Å². The second-order valence-corrected chi connectivity index (χ2v) is 11.5. The molecule has 1 saturated carbocycles. The van der Waals surface area contributed by atoms with Crippen molar-refractivity contribution in [2.24, 2.45) is 0 Å². The number of methoxy groups -OCH3 is 1. The van der Waals surface area contributed by atoms with Gasteiger partial charge in [-0.25, -0.2) is 8.42 Å². The first-order valence-electron chi connectivity index (χ1n) is 12.3. The number of nitrogens with one attached hydrogen (secondary N) is 1. The van der Waals surface area contributed by atoms with Gasteiger partial charge < -0.3 is 15.0 Å². The molecule has 0 aliphatic heterocycles. The van der Waals surface area contributed by atoms with Crippen LogP contribution in [0.1, 0.15) is 49.3 Å². The number of hydrogen-bond acceptors (Lipinski definition) is 5. The number of sulfonamides is 1. The third kappa shape index (κ3) is 7.00. The number of hydrogen-bond donors (Lipinski definition) is 1. The molecule has 1 aliphatic rings. The molecule has 196 valence electrons. The lowest BCUT2D eigenvalue weighted by Crippen LogP contribution is -2.52.